The molecule has 64 valence electrons. The third kappa shape index (κ3) is 0.865. The fourth-order valence-corrected chi connectivity index (χ4v) is 1.74. The Balaban J connectivity index is 2.60. The first-order valence-corrected chi connectivity index (χ1v) is 4.06. The molecule has 12 heavy (non-hydrogen) atoms. The summed E-state index contributed by atoms with van der Waals surface area (Å²) in [4.78, 5) is 0. The Labute approximate surface area is 71.0 Å². The SMILES string of the molecule is Nc1ccc2c(c1O)CC[C@H]2N. The maximum Gasteiger partial charge on any atom is 0.141 e. The second-order valence-electron chi connectivity index (χ2n) is 3.22. The molecule has 0 radical (unpaired) electrons. The molecule has 0 saturated carbocycles. The monoisotopic (exact) mass is 164 g/mol. The Bertz CT molecular complexity index is 323. The summed E-state index contributed by atoms with van der Waals surface area (Å²) in [6.07, 6.45) is 1.75. The number of hydrogen-bond donors (Lipinski definition) is 3. The van der Waals surface area contributed by atoms with Crippen LogP contribution in [0.5, 0.6) is 5.75 Å². The van der Waals surface area contributed by atoms with E-state index in [0.29, 0.717) is 5.69 Å². The molecule has 3 heteroatoms. The van der Waals surface area contributed by atoms with Gasteiger partial charge in [-0.2, -0.15) is 0 Å². The first-order chi connectivity index (χ1) is 5.70. The van der Waals surface area contributed by atoms with Crippen molar-refractivity contribution in [2.75, 3.05) is 5.73 Å². The molecule has 1 atom stereocenters. The maximum absolute atomic E-state index is 9.56. The second kappa shape index (κ2) is 2.38. The fraction of sp³-hybridized carbons (Fsp3) is 0.333. The molecule has 2 rings (SSSR count). The fourth-order valence-electron chi connectivity index (χ4n) is 1.74. The third-order valence-electron chi connectivity index (χ3n) is 2.46. The van der Waals surface area contributed by atoms with Crippen molar-refractivity contribution in [2.45, 2.75) is 18.9 Å². The molecular formula is C9H12N2O. The van der Waals surface area contributed by atoms with E-state index >= 15 is 0 Å². The number of aromatic hydroxyl groups is 1. The molecule has 0 saturated heterocycles. The minimum atomic E-state index is 0.0755. The molecule has 1 aliphatic rings. The molecule has 0 amide bonds. The minimum Gasteiger partial charge on any atom is -0.505 e. The van der Waals surface area contributed by atoms with Crippen LogP contribution in [-0.4, -0.2) is 5.11 Å². The van der Waals surface area contributed by atoms with Gasteiger partial charge in [0.1, 0.15) is 5.75 Å². The number of fused-ring (bicyclic) bond motifs is 1. The predicted octanol–water partition coefficient (Wildman–Crippen LogP) is 0.920. The molecule has 0 unspecified atom stereocenters. The lowest BCUT2D eigenvalue weighted by molar-refractivity contribution is 0.472. The van der Waals surface area contributed by atoms with E-state index in [2.05, 4.69) is 0 Å². The highest BCUT2D eigenvalue weighted by Gasteiger charge is 2.22. The molecule has 1 aromatic rings. The summed E-state index contributed by atoms with van der Waals surface area (Å²) in [7, 11) is 0. The molecule has 0 fully saturated rings. The number of phenolic OH excluding ortho intramolecular Hbond substituents is 1. The smallest absolute Gasteiger partial charge is 0.141 e. The lowest BCUT2D eigenvalue weighted by Crippen LogP contribution is -2.05. The number of hydrogen-bond acceptors (Lipinski definition) is 3. The van der Waals surface area contributed by atoms with Crippen molar-refractivity contribution in [2.24, 2.45) is 5.73 Å². The van der Waals surface area contributed by atoms with Gasteiger partial charge in [-0.1, -0.05) is 6.07 Å². The van der Waals surface area contributed by atoms with Crippen LogP contribution in [0.15, 0.2) is 12.1 Å². The van der Waals surface area contributed by atoms with Crippen molar-refractivity contribution < 1.29 is 5.11 Å². The maximum atomic E-state index is 9.56. The van der Waals surface area contributed by atoms with Gasteiger partial charge in [0.25, 0.3) is 0 Å². The van der Waals surface area contributed by atoms with Gasteiger partial charge in [-0.25, -0.2) is 0 Å². The van der Waals surface area contributed by atoms with Crippen molar-refractivity contribution in [3.8, 4) is 5.75 Å². The summed E-state index contributed by atoms with van der Waals surface area (Å²) < 4.78 is 0. The van der Waals surface area contributed by atoms with Crippen molar-refractivity contribution >= 4 is 5.69 Å². The topological polar surface area (TPSA) is 72.3 Å². The molecule has 0 spiro atoms. The number of anilines is 1. The van der Waals surface area contributed by atoms with E-state index in [1.807, 2.05) is 6.07 Å². The molecule has 0 bridgehead atoms. The average molecular weight is 164 g/mol. The first kappa shape index (κ1) is 7.43. The van der Waals surface area contributed by atoms with Gasteiger partial charge in [0, 0.05) is 11.6 Å². The van der Waals surface area contributed by atoms with Crippen molar-refractivity contribution in [3.63, 3.8) is 0 Å². The number of nitrogen functional groups attached to an aromatic ring is 1. The highest BCUT2D eigenvalue weighted by atomic mass is 16.3. The molecule has 1 aromatic carbocycles. The highest BCUT2D eigenvalue weighted by molar-refractivity contribution is 5.60. The summed E-state index contributed by atoms with van der Waals surface area (Å²) in [6, 6.07) is 3.69. The summed E-state index contributed by atoms with van der Waals surface area (Å²) in [6.45, 7) is 0. The van der Waals surface area contributed by atoms with E-state index in [-0.39, 0.29) is 11.8 Å². The van der Waals surface area contributed by atoms with Crippen LogP contribution in [0.3, 0.4) is 0 Å². The summed E-state index contributed by atoms with van der Waals surface area (Å²) >= 11 is 0. The van der Waals surface area contributed by atoms with E-state index in [1.54, 1.807) is 6.07 Å². The van der Waals surface area contributed by atoms with Gasteiger partial charge in [-0.3, -0.25) is 0 Å². The van der Waals surface area contributed by atoms with Gasteiger partial charge >= 0.3 is 0 Å². The Morgan fingerprint density at radius 2 is 2.17 bits per heavy atom. The predicted molar refractivity (Wildman–Crippen MR) is 47.8 cm³/mol. The zero-order valence-electron chi connectivity index (χ0n) is 6.75. The molecule has 3 nitrogen and oxygen atoms in total. The van der Waals surface area contributed by atoms with Crippen LogP contribution in [0.2, 0.25) is 0 Å². The van der Waals surface area contributed by atoms with Gasteiger partial charge in [0.2, 0.25) is 0 Å². The second-order valence-corrected chi connectivity index (χ2v) is 3.22. The van der Waals surface area contributed by atoms with E-state index in [9.17, 15) is 5.11 Å². The average Bonchev–Trinajstić information content (AvgIpc) is 2.41. The van der Waals surface area contributed by atoms with E-state index in [4.69, 9.17) is 11.5 Å². The Hall–Kier alpha value is -1.22. The number of nitrogens with two attached hydrogens (primary N) is 2. The zero-order chi connectivity index (χ0) is 8.72. The van der Waals surface area contributed by atoms with Crippen molar-refractivity contribution in [1.29, 1.82) is 0 Å². The molecule has 0 heterocycles. The normalized spacial score (nSPS) is 20.9. The van der Waals surface area contributed by atoms with Gasteiger partial charge in [-0.05, 0) is 24.5 Å². The lowest BCUT2D eigenvalue weighted by atomic mass is 10.1. The van der Waals surface area contributed by atoms with E-state index in [0.717, 1.165) is 24.0 Å². The van der Waals surface area contributed by atoms with Crippen LogP contribution in [0.25, 0.3) is 0 Å². The largest absolute Gasteiger partial charge is 0.505 e. The van der Waals surface area contributed by atoms with Gasteiger partial charge < -0.3 is 16.6 Å². The lowest BCUT2D eigenvalue weighted by Gasteiger charge is -2.07. The molecule has 0 aromatic heterocycles. The van der Waals surface area contributed by atoms with Crippen LogP contribution in [-0.2, 0) is 6.42 Å². The van der Waals surface area contributed by atoms with Crippen LogP contribution in [0.1, 0.15) is 23.6 Å². The minimum absolute atomic E-state index is 0.0755. The van der Waals surface area contributed by atoms with Gasteiger partial charge in [-0.15, -0.1) is 0 Å². The van der Waals surface area contributed by atoms with Crippen LogP contribution < -0.4 is 11.5 Å². The number of benzene rings is 1. The Morgan fingerprint density at radius 1 is 1.42 bits per heavy atom. The number of phenols is 1. The molecule has 0 aliphatic heterocycles. The van der Waals surface area contributed by atoms with Crippen LogP contribution in [0.4, 0.5) is 5.69 Å². The van der Waals surface area contributed by atoms with Gasteiger partial charge in [0.05, 0.1) is 5.69 Å². The molecule has 1 aliphatic carbocycles. The van der Waals surface area contributed by atoms with Crippen molar-refractivity contribution in [3.05, 3.63) is 23.3 Å². The van der Waals surface area contributed by atoms with Crippen LogP contribution in [0, 0.1) is 0 Å². The third-order valence-corrected chi connectivity index (χ3v) is 2.46. The summed E-state index contributed by atoms with van der Waals surface area (Å²) in [5.41, 5.74) is 13.8. The molecule has 5 N–H and O–H groups in total. The van der Waals surface area contributed by atoms with E-state index in [1.165, 1.54) is 0 Å². The Morgan fingerprint density at radius 3 is 2.92 bits per heavy atom. The quantitative estimate of drug-likeness (QED) is 0.394. The summed E-state index contributed by atoms with van der Waals surface area (Å²) in [5, 5.41) is 9.56. The number of rotatable bonds is 0. The summed E-state index contributed by atoms with van der Waals surface area (Å²) in [5.74, 6) is 0.223. The van der Waals surface area contributed by atoms with Gasteiger partial charge in [0.15, 0.2) is 0 Å². The first-order valence-electron chi connectivity index (χ1n) is 4.06. The zero-order valence-corrected chi connectivity index (χ0v) is 6.75. The standard InChI is InChI=1S/C9H12N2O/c10-7-3-2-6-5(7)1-4-8(11)9(6)12/h1,4,7,12H,2-3,10-11H2/t7-/m1/s1. The Kier molecular flexibility index (Phi) is 1.48. The van der Waals surface area contributed by atoms with Crippen LogP contribution >= 0.6 is 0 Å². The van der Waals surface area contributed by atoms with Crippen molar-refractivity contribution in [1.82, 2.24) is 0 Å². The molecular weight excluding hydrogens is 152 g/mol. The van der Waals surface area contributed by atoms with E-state index < -0.39 is 0 Å². The highest BCUT2D eigenvalue weighted by Crippen LogP contribution is 2.38.